The molecule has 0 saturated heterocycles. The Balaban J connectivity index is 1.90. The second kappa shape index (κ2) is 8.07. The van der Waals surface area contributed by atoms with E-state index in [1.165, 1.54) is 22.4 Å². The van der Waals surface area contributed by atoms with Crippen LogP contribution in [0.2, 0.25) is 0 Å². The van der Waals surface area contributed by atoms with Crippen LogP contribution in [-0.2, 0) is 19.1 Å². The average Bonchev–Trinajstić information content (AvgIpc) is 3.07. The van der Waals surface area contributed by atoms with Crippen LogP contribution in [0.3, 0.4) is 0 Å². The summed E-state index contributed by atoms with van der Waals surface area (Å²) in [6.45, 7) is 1.79. The Morgan fingerprint density at radius 3 is 2.24 bits per heavy atom. The number of imidazole rings is 1. The van der Waals surface area contributed by atoms with Crippen LogP contribution in [-0.4, -0.2) is 31.4 Å². The highest BCUT2D eigenvalue weighted by Gasteiger charge is 2.58. The summed E-state index contributed by atoms with van der Waals surface area (Å²) in [4.78, 5) is 12.5. The Hall–Kier alpha value is -2.96. The number of halogens is 8. The number of alkyl halides is 8. The molecule has 34 heavy (non-hydrogen) atoms. The first-order valence-corrected chi connectivity index (χ1v) is 10.6. The van der Waals surface area contributed by atoms with Crippen LogP contribution < -0.4 is 0 Å². The molecule has 1 aromatic carbocycles. The predicted octanol–water partition coefficient (Wildman–Crippen LogP) is 6.97. The number of aryl methyl sites for hydroxylation is 1. The lowest BCUT2D eigenvalue weighted by molar-refractivity contribution is -0.289. The maximum atomic E-state index is 13.8. The molecule has 0 aliphatic heterocycles. The Kier molecular flexibility index (Phi) is 5.74. The lowest BCUT2D eigenvalue weighted by Crippen LogP contribution is -2.33. The summed E-state index contributed by atoms with van der Waals surface area (Å²) in [6, 6.07) is 4.64. The number of hydrogen-bond acceptors (Lipinski definition) is 4. The molecule has 0 radical (unpaired) electrons. The summed E-state index contributed by atoms with van der Waals surface area (Å²) < 4.78 is 107. The van der Waals surface area contributed by atoms with Crippen molar-refractivity contribution in [1.29, 1.82) is 0 Å². The molecule has 0 aliphatic carbocycles. The van der Waals surface area contributed by atoms with Crippen molar-refractivity contribution in [2.24, 2.45) is 7.05 Å². The molecular formula is C21H14F8N4S. The molecule has 3 aromatic heterocycles. The molecule has 0 saturated carbocycles. The molecular weight excluding hydrogens is 492 g/mol. The lowest BCUT2D eigenvalue weighted by Gasteiger charge is -2.20. The van der Waals surface area contributed by atoms with Crippen LogP contribution in [0.1, 0.15) is 18.2 Å². The van der Waals surface area contributed by atoms with Crippen molar-refractivity contribution < 1.29 is 35.1 Å². The molecule has 4 rings (SSSR count). The van der Waals surface area contributed by atoms with Crippen molar-refractivity contribution in [3.05, 3.63) is 47.8 Å². The maximum absolute atomic E-state index is 13.8. The number of benzene rings is 1. The molecule has 0 atom stereocenters. The monoisotopic (exact) mass is 506 g/mol. The number of thioether (sulfide) groups is 1. The molecule has 4 aromatic rings. The maximum Gasteiger partial charge on any atom is 0.458 e. The van der Waals surface area contributed by atoms with Crippen molar-refractivity contribution in [2.45, 2.75) is 30.1 Å². The predicted molar refractivity (Wildman–Crippen MR) is 111 cm³/mol. The summed E-state index contributed by atoms with van der Waals surface area (Å²) in [5, 5.41) is 0.0564. The fourth-order valence-corrected chi connectivity index (χ4v) is 4.19. The van der Waals surface area contributed by atoms with E-state index in [9.17, 15) is 35.1 Å². The number of rotatable bonds is 4. The molecule has 4 nitrogen and oxygen atoms in total. The molecule has 13 heteroatoms. The van der Waals surface area contributed by atoms with Crippen LogP contribution in [0.15, 0.2) is 41.4 Å². The SMILES string of the molecule is CCSc1cc2cc(C(F)(F)C(F)(F)F)ccc2nc1-c1nc2cc(C(F)(F)F)ncc2n1C. The number of fused-ring (bicyclic) bond motifs is 2. The van der Waals surface area contributed by atoms with E-state index in [0.717, 1.165) is 24.4 Å². The van der Waals surface area contributed by atoms with Gasteiger partial charge in [0.25, 0.3) is 0 Å². The van der Waals surface area contributed by atoms with Gasteiger partial charge in [0.1, 0.15) is 11.4 Å². The van der Waals surface area contributed by atoms with Gasteiger partial charge in [0.2, 0.25) is 0 Å². The van der Waals surface area contributed by atoms with Gasteiger partial charge >= 0.3 is 18.3 Å². The third kappa shape index (κ3) is 4.05. The number of nitrogens with zero attached hydrogens (tertiary/aromatic N) is 4. The van der Waals surface area contributed by atoms with Crippen LogP contribution in [0.4, 0.5) is 35.1 Å². The van der Waals surface area contributed by atoms with Gasteiger partial charge in [-0.25, -0.2) is 15.0 Å². The molecule has 0 amide bonds. The minimum atomic E-state index is -5.76. The topological polar surface area (TPSA) is 43.6 Å². The number of hydrogen-bond donors (Lipinski definition) is 0. The number of aromatic nitrogens is 4. The quantitative estimate of drug-likeness (QED) is 0.222. The first-order chi connectivity index (χ1) is 15.7. The van der Waals surface area contributed by atoms with Gasteiger partial charge in [0.05, 0.1) is 22.7 Å². The second-order valence-corrected chi connectivity index (χ2v) is 8.60. The molecule has 180 valence electrons. The van der Waals surface area contributed by atoms with E-state index in [4.69, 9.17) is 0 Å². The smallest absolute Gasteiger partial charge is 0.325 e. The summed E-state index contributed by atoms with van der Waals surface area (Å²) in [5.41, 5.74) is -1.63. The first-order valence-electron chi connectivity index (χ1n) is 9.66. The third-order valence-corrected chi connectivity index (χ3v) is 5.98. The van der Waals surface area contributed by atoms with Gasteiger partial charge in [-0.05, 0) is 30.0 Å². The van der Waals surface area contributed by atoms with Crippen molar-refractivity contribution in [3.8, 4) is 11.5 Å². The fourth-order valence-electron chi connectivity index (χ4n) is 3.40. The van der Waals surface area contributed by atoms with Gasteiger partial charge < -0.3 is 4.57 Å². The Bertz CT molecular complexity index is 1390. The molecule has 0 bridgehead atoms. The van der Waals surface area contributed by atoms with E-state index in [0.29, 0.717) is 22.2 Å². The summed E-state index contributed by atoms with van der Waals surface area (Å²) >= 11 is 1.24. The summed E-state index contributed by atoms with van der Waals surface area (Å²) in [5.74, 6) is -4.35. The average molecular weight is 506 g/mol. The van der Waals surface area contributed by atoms with Gasteiger partial charge in [-0.15, -0.1) is 11.8 Å². The highest BCUT2D eigenvalue weighted by atomic mass is 32.2. The highest BCUT2D eigenvalue weighted by Crippen LogP contribution is 2.45. The van der Waals surface area contributed by atoms with Crippen LogP contribution in [0.5, 0.6) is 0 Å². The molecule has 3 heterocycles. The minimum absolute atomic E-state index is 0.0225. The Morgan fingerprint density at radius 2 is 1.62 bits per heavy atom. The van der Waals surface area contributed by atoms with Crippen molar-refractivity contribution in [1.82, 2.24) is 19.5 Å². The molecule has 0 N–H and O–H groups in total. The molecule has 0 aliphatic rings. The summed E-state index contributed by atoms with van der Waals surface area (Å²) in [7, 11) is 1.55. The lowest BCUT2D eigenvalue weighted by atomic mass is 10.0. The van der Waals surface area contributed by atoms with Gasteiger partial charge in [0.15, 0.2) is 5.82 Å². The zero-order chi connectivity index (χ0) is 25.1. The van der Waals surface area contributed by atoms with Gasteiger partial charge in [-0.1, -0.05) is 13.0 Å². The van der Waals surface area contributed by atoms with Gasteiger partial charge in [-0.2, -0.15) is 35.1 Å². The van der Waals surface area contributed by atoms with Crippen LogP contribution in [0.25, 0.3) is 33.5 Å². The minimum Gasteiger partial charge on any atom is -0.325 e. The zero-order valence-corrected chi connectivity index (χ0v) is 18.2. The molecule has 0 unspecified atom stereocenters. The van der Waals surface area contributed by atoms with E-state index in [-0.39, 0.29) is 27.9 Å². The van der Waals surface area contributed by atoms with Crippen molar-refractivity contribution in [2.75, 3.05) is 5.75 Å². The van der Waals surface area contributed by atoms with E-state index >= 15 is 0 Å². The van der Waals surface area contributed by atoms with Gasteiger partial charge in [0, 0.05) is 22.9 Å². The Labute approximate surface area is 191 Å². The first kappa shape index (κ1) is 24.2. The zero-order valence-electron chi connectivity index (χ0n) is 17.4. The van der Waals surface area contributed by atoms with Crippen molar-refractivity contribution in [3.63, 3.8) is 0 Å². The van der Waals surface area contributed by atoms with Crippen LogP contribution in [0, 0.1) is 0 Å². The number of pyridine rings is 2. The van der Waals surface area contributed by atoms with Crippen molar-refractivity contribution >= 4 is 33.7 Å². The van der Waals surface area contributed by atoms with Gasteiger partial charge in [-0.3, -0.25) is 0 Å². The Morgan fingerprint density at radius 1 is 0.912 bits per heavy atom. The largest absolute Gasteiger partial charge is 0.458 e. The third-order valence-electron chi connectivity index (χ3n) is 5.07. The van der Waals surface area contributed by atoms with Crippen LogP contribution >= 0.6 is 11.8 Å². The molecule has 0 spiro atoms. The normalized spacial score (nSPS) is 13.2. The highest BCUT2D eigenvalue weighted by molar-refractivity contribution is 7.99. The van der Waals surface area contributed by atoms with E-state index in [1.807, 2.05) is 0 Å². The molecule has 0 fully saturated rings. The van der Waals surface area contributed by atoms with E-state index in [2.05, 4.69) is 15.0 Å². The van der Waals surface area contributed by atoms with E-state index in [1.54, 1.807) is 14.0 Å². The van der Waals surface area contributed by atoms with E-state index < -0.39 is 29.5 Å². The fraction of sp³-hybridized carbons (Fsp3) is 0.286. The standard InChI is InChI=1S/C21H14F8N4S/c1-3-34-15-7-10-6-11(19(22,23)21(27,28)29)4-5-12(10)31-17(15)18-32-13-8-16(20(24,25)26)30-9-14(13)33(18)2/h4-9H,3H2,1-2H3. The second-order valence-electron chi connectivity index (χ2n) is 7.30. The summed E-state index contributed by atoms with van der Waals surface area (Å²) in [6.07, 6.45) is -9.38.